The fourth-order valence-electron chi connectivity index (χ4n) is 2.59. The highest BCUT2D eigenvalue weighted by atomic mass is 32.1. The average Bonchev–Trinajstić information content (AvgIpc) is 3.31. The van der Waals surface area contributed by atoms with Gasteiger partial charge in [-0.15, -0.1) is 11.3 Å². The number of benzene rings is 1. The molecule has 0 spiro atoms. The Balaban J connectivity index is 1.63. The van der Waals surface area contributed by atoms with E-state index in [1.807, 2.05) is 66.2 Å². The van der Waals surface area contributed by atoms with E-state index < -0.39 is 0 Å². The van der Waals surface area contributed by atoms with Crippen molar-refractivity contribution in [1.29, 1.82) is 0 Å². The second kappa shape index (κ2) is 7.95. The third kappa shape index (κ3) is 4.13. The van der Waals surface area contributed by atoms with Crippen LogP contribution in [-0.4, -0.2) is 12.5 Å². The highest BCUT2D eigenvalue weighted by molar-refractivity contribution is 7.10. The van der Waals surface area contributed by atoms with Gasteiger partial charge in [0.2, 0.25) is 0 Å². The van der Waals surface area contributed by atoms with Gasteiger partial charge in [-0.2, -0.15) is 0 Å². The van der Waals surface area contributed by atoms with Crippen molar-refractivity contribution >= 4 is 17.2 Å². The van der Waals surface area contributed by atoms with Gasteiger partial charge in [0.1, 0.15) is 6.04 Å². The van der Waals surface area contributed by atoms with Gasteiger partial charge in [-0.25, -0.2) is 0 Å². The Bertz CT molecular complexity index is 739. The molecule has 2 atom stereocenters. The number of rotatable bonds is 7. The van der Waals surface area contributed by atoms with Crippen molar-refractivity contribution in [2.45, 2.75) is 19.0 Å². The molecule has 2 aromatic heterocycles. The molecule has 0 unspecified atom stereocenters. The number of furan rings is 1. The van der Waals surface area contributed by atoms with Crippen molar-refractivity contribution in [3.8, 4) is 0 Å². The lowest BCUT2D eigenvalue weighted by atomic mass is 10.1. The summed E-state index contributed by atoms with van der Waals surface area (Å²) in [5.41, 5.74) is 1.09. The first-order valence-electron chi connectivity index (χ1n) is 7.98. The molecule has 3 N–H and O–H groups in total. The molecule has 3 aromatic rings. The predicted octanol–water partition coefficient (Wildman–Crippen LogP) is 2.87. The summed E-state index contributed by atoms with van der Waals surface area (Å²) in [5, 5.41) is 7.15. The molecule has 4 nitrogen and oxygen atoms in total. The molecule has 124 valence electrons. The molecule has 3 rings (SSSR count). The largest absolute Gasteiger partial charge is 0.463 e. The lowest BCUT2D eigenvalue weighted by Crippen LogP contribution is -2.87. The van der Waals surface area contributed by atoms with Gasteiger partial charge in [0.05, 0.1) is 12.3 Å². The zero-order valence-electron chi connectivity index (χ0n) is 13.5. The van der Waals surface area contributed by atoms with Crippen molar-refractivity contribution in [3.05, 3.63) is 82.4 Å². The van der Waals surface area contributed by atoms with Gasteiger partial charge in [0.25, 0.3) is 5.91 Å². The number of nitrogens with one attached hydrogen (secondary N) is 1. The molecule has 5 heteroatoms. The predicted molar refractivity (Wildman–Crippen MR) is 94.7 cm³/mol. The highest BCUT2D eigenvalue weighted by Gasteiger charge is 2.20. The van der Waals surface area contributed by atoms with E-state index in [9.17, 15) is 4.79 Å². The Morgan fingerprint density at radius 1 is 1.17 bits per heavy atom. The van der Waals surface area contributed by atoms with E-state index in [1.165, 1.54) is 0 Å². The third-order valence-corrected chi connectivity index (χ3v) is 4.85. The van der Waals surface area contributed by atoms with E-state index in [4.69, 9.17) is 4.42 Å². The molecule has 1 aromatic carbocycles. The molecule has 0 saturated heterocycles. The SMILES string of the molecule is C[C@@H]([NH2+]CC(=O)N[C@@H](c1ccccc1)c1cccs1)c1ccco1. The first kappa shape index (κ1) is 16.5. The van der Waals surface area contributed by atoms with Crippen LogP contribution in [0.3, 0.4) is 0 Å². The van der Waals surface area contributed by atoms with Crippen molar-refractivity contribution in [2.24, 2.45) is 0 Å². The molecule has 0 saturated carbocycles. The molecule has 0 fully saturated rings. The second-order valence-electron chi connectivity index (χ2n) is 5.67. The highest BCUT2D eigenvalue weighted by Crippen LogP contribution is 2.25. The summed E-state index contributed by atoms with van der Waals surface area (Å²) in [6.45, 7) is 2.39. The topological polar surface area (TPSA) is 58.9 Å². The normalized spacial score (nSPS) is 13.4. The minimum absolute atomic E-state index is 0.00987. The van der Waals surface area contributed by atoms with E-state index in [2.05, 4.69) is 11.4 Å². The zero-order chi connectivity index (χ0) is 16.8. The smallest absolute Gasteiger partial charge is 0.275 e. The first-order chi connectivity index (χ1) is 11.7. The molecule has 2 heterocycles. The van der Waals surface area contributed by atoms with Crippen LogP contribution in [-0.2, 0) is 4.79 Å². The van der Waals surface area contributed by atoms with Gasteiger partial charge in [-0.05, 0) is 36.1 Å². The number of nitrogens with two attached hydrogens (primary N) is 1. The molecular formula is C19H21N2O2S+. The summed E-state index contributed by atoms with van der Waals surface area (Å²) in [5.74, 6) is 0.885. The third-order valence-electron chi connectivity index (χ3n) is 3.91. The average molecular weight is 341 g/mol. The summed E-state index contributed by atoms with van der Waals surface area (Å²) in [6, 6.07) is 17.9. The van der Waals surface area contributed by atoms with Crippen LogP contribution in [0.25, 0.3) is 0 Å². The summed E-state index contributed by atoms with van der Waals surface area (Å²) >= 11 is 1.65. The van der Waals surface area contributed by atoms with E-state index in [0.717, 1.165) is 16.2 Å². The van der Waals surface area contributed by atoms with E-state index in [1.54, 1.807) is 17.6 Å². The summed E-state index contributed by atoms with van der Waals surface area (Å²) in [4.78, 5) is 13.6. The summed E-state index contributed by atoms with van der Waals surface area (Å²) < 4.78 is 5.38. The standard InChI is InChI=1S/C19H20N2O2S/c1-14(16-9-5-11-23-16)20-13-18(22)21-19(17-10-6-12-24-17)15-7-3-2-4-8-15/h2-12,14,19-20H,13H2,1H3,(H,21,22)/p+1/t14-,19+/m1/s1. The molecule has 1 amide bonds. The number of amides is 1. The number of hydrogen-bond donors (Lipinski definition) is 2. The van der Waals surface area contributed by atoms with Crippen LogP contribution in [0, 0.1) is 0 Å². The maximum absolute atomic E-state index is 12.4. The number of carbonyl (C=O) groups is 1. The number of carbonyl (C=O) groups excluding carboxylic acids is 1. The van der Waals surface area contributed by atoms with E-state index >= 15 is 0 Å². The zero-order valence-corrected chi connectivity index (χ0v) is 14.3. The molecule has 24 heavy (non-hydrogen) atoms. The number of quaternary nitrogens is 1. The van der Waals surface area contributed by atoms with Crippen LogP contribution in [0.5, 0.6) is 0 Å². The maximum atomic E-state index is 12.4. The summed E-state index contributed by atoms with van der Waals surface area (Å²) in [7, 11) is 0. The first-order valence-corrected chi connectivity index (χ1v) is 8.86. The molecule has 0 aliphatic heterocycles. The van der Waals surface area contributed by atoms with E-state index in [-0.39, 0.29) is 18.0 Å². The van der Waals surface area contributed by atoms with Gasteiger partial charge in [-0.1, -0.05) is 36.4 Å². The number of hydrogen-bond acceptors (Lipinski definition) is 3. The van der Waals surface area contributed by atoms with Crippen molar-refractivity contribution in [1.82, 2.24) is 5.32 Å². The Morgan fingerprint density at radius 3 is 2.67 bits per heavy atom. The lowest BCUT2D eigenvalue weighted by molar-refractivity contribution is -0.684. The second-order valence-corrected chi connectivity index (χ2v) is 6.65. The maximum Gasteiger partial charge on any atom is 0.275 e. The van der Waals surface area contributed by atoms with Crippen LogP contribution in [0.2, 0.25) is 0 Å². The molecule has 0 radical (unpaired) electrons. The van der Waals surface area contributed by atoms with Crippen LogP contribution >= 0.6 is 11.3 Å². The van der Waals surface area contributed by atoms with Crippen LogP contribution in [0.15, 0.2) is 70.7 Å². The Labute approximate surface area is 145 Å². The minimum Gasteiger partial charge on any atom is -0.463 e. The number of thiophene rings is 1. The Hall–Kier alpha value is -2.37. The Kier molecular flexibility index (Phi) is 5.46. The quantitative estimate of drug-likeness (QED) is 0.694. The minimum atomic E-state index is -0.106. The Morgan fingerprint density at radius 2 is 2.00 bits per heavy atom. The van der Waals surface area contributed by atoms with Crippen molar-refractivity contribution in [2.75, 3.05) is 6.54 Å². The molecule has 0 bridgehead atoms. The molecule has 0 aliphatic carbocycles. The van der Waals surface area contributed by atoms with Gasteiger partial charge in [-0.3, -0.25) is 4.79 Å². The van der Waals surface area contributed by atoms with Gasteiger partial charge in [0, 0.05) is 4.88 Å². The van der Waals surface area contributed by atoms with Crippen molar-refractivity contribution in [3.63, 3.8) is 0 Å². The van der Waals surface area contributed by atoms with Crippen molar-refractivity contribution < 1.29 is 14.5 Å². The van der Waals surface area contributed by atoms with Gasteiger partial charge in [0.15, 0.2) is 12.3 Å². The van der Waals surface area contributed by atoms with Crippen LogP contribution in [0.4, 0.5) is 0 Å². The molecule has 0 aliphatic rings. The monoisotopic (exact) mass is 341 g/mol. The van der Waals surface area contributed by atoms with E-state index in [0.29, 0.717) is 6.54 Å². The fraction of sp³-hybridized carbons (Fsp3) is 0.211. The summed E-state index contributed by atoms with van der Waals surface area (Å²) in [6.07, 6.45) is 1.65. The fourth-order valence-corrected chi connectivity index (χ4v) is 3.39. The molecular weight excluding hydrogens is 320 g/mol. The lowest BCUT2D eigenvalue weighted by Gasteiger charge is -2.18. The van der Waals surface area contributed by atoms with Crippen LogP contribution in [0.1, 0.15) is 35.2 Å². The van der Waals surface area contributed by atoms with Gasteiger partial charge >= 0.3 is 0 Å². The van der Waals surface area contributed by atoms with Gasteiger partial charge < -0.3 is 15.1 Å². The van der Waals surface area contributed by atoms with Crippen LogP contribution < -0.4 is 10.6 Å².